The maximum absolute atomic E-state index is 11.5. The van der Waals surface area contributed by atoms with Gasteiger partial charge in [0.2, 0.25) is 10.0 Å². The van der Waals surface area contributed by atoms with Gasteiger partial charge in [-0.05, 0) is 54.7 Å². The van der Waals surface area contributed by atoms with E-state index in [9.17, 15) is 8.42 Å². The van der Waals surface area contributed by atoms with Gasteiger partial charge in [-0.25, -0.2) is 8.42 Å². The fourth-order valence-electron chi connectivity index (χ4n) is 3.37. The number of hydrogen-bond donors (Lipinski definition) is 2. The Labute approximate surface area is 155 Å². The molecule has 0 saturated heterocycles. The Kier molecular flexibility index (Phi) is 5.32. The second-order valence-corrected chi connectivity index (χ2v) is 8.56. The smallest absolute Gasteiger partial charge is 0.229 e. The van der Waals surface area contributed by atoms with Crippen LogP contribution < -0.4 is 10.0 Å². The van der Waals surface area contributed by atoms with Crippen LogP contribution in [-0.2, 0) is 16.4 Å². The van der Waals surface area contributed by atoms with Crippen LogP contribution in [0.1, 0.15) is 28.2 Å². The molecule has 0 amide bonds. The van der Waals surface area contributed by atoms with Gasteiger partial charge in [0.05, 0.1) is 12.8 Å². The van der Waals surface area contributed by atoms with Gasteiger partial charge in [-0.15, -0.1) is 0 Å². The molecule has 0 aromatic heterocycles. The fraction of sp³-hybridized carbons (Fsp3) is 0.350. The van der Waals surface area contributed by atoms with Crippen LogP contribution >= 0.6 is 0 Å². The first-order chi connectivity index (χ1) is 12.3. The van der Waals surface area contributed by atoms with Crippen LogP contribution in [-0.4, -0.2) is 33.6 Å². The zero-order valence-corrected chi connectivity index (χ0v) is 16.2. The Hall–Kier alpha value is -2.34. The molecule has 1 heterocycles. The van der Waals surface area contributed by atoms with E-state index in [1.165, 1.54) is 16.7 Å². The molecule has 6 heteroatoms. The lowest BCUT2D eigenvalue weighted by molar-refractivity contribution is 0.607. The van der Waals surface area contributed by atoms with Crippen LogP contribution in [0.25, 0.3) is 0 Å². The van der Waals surface area contributed by atoms with E-state index in [0.717, 1.165) is 37.2 Å². The minimum atomic E-state index is -3.29. The maximum atomic E-state index is 11.5. The quantitative estimate of drug-likeness (QED) is 0.820. The molecule has 1 aliphatic rings. The predicted octanol–water partition coefficient (Wildman–Crippen LogP) is 3.00. The fourth-order valence-corrected chi connectivity index (χ4v) is 3.92. The van der Waals surface area contributed by atoms with Crippen molar-refractivity contribution in [1.29, 1.82) is 0 Å². The first kappa shape index (κ1) is 18.5. The van der Waals surface area contributed by atoms with Gasteiger partial charge >= 0.3 is 0 Å². The summed E-state index contributed by atoms with van der Waals surface area (Å²) in [6, 6.07) is 13.9. The van der Waals surface area contributed by atoms with E-state index < -0.39 is 10.0 Å². The molecular weight excluding hydrogens is 346 g/mol. The minimum absolute atomic E-state index is 0.130. The molecule has 3 rings (SSSR count). The van der Waals surface area contributed by atoms with Gasteiger partial charge in [0, 0.05) is 18.2 Å². The number of benzene rings is 2. The molecule has 0 bridgehead atoms. The number of amidine groups is 1. The van der Waals surface area contributed by atoms with E-state index in [4.69, 9.17) is 0 Å². The van der Waals surface area contributed by atoms with Crippen molar-refractivity contribution >= 4 is 21.5 Å². The average Bonchev–Trinajstić information content (AvgIpc) is 3.08. The summed E-state index contributed by atoms with van der Waals surface area (Å²) in [4.78, 5) is 4.66. The standard InChI is InChI=1S/C20H25N3O2S/c1-14-6-4-9-18(15(14)2)19(20-21-10-11-22-20)13-16-7-5-8-17(12-16)23-26(3,24)25/h4-9,12,19,23H,10-11,13H2,1-3H3,(H,21,22). The third-order valence-electron chi connectivity index (χ3n) is 4.72. The van der Waals surface area contributed by atoms with Gasteiger partial charge in [0.15, 0.2) is 0 Å². The SMILES string of the molecule is Cc1cccc(C(Cc2cccc(NS(C)(=O)=O)c2)C2=NCCN2)c1C. The summed E-state index contributed by atoms with van der Waals surface area (Å²) in [7, 11) is -3.29. The Morgan fingerprint density at radius 3 is 2.65 bits per heavy atom. The van der Waals surface area contributed by atoms with Gasteiger partial charge in [-0.2, -0.15) is 0 Å². The molecule has 0 radical (unpaired) electrons. The molecule has 0 saturated carbocycles. The van der Waals surface area contributed by atoms with E-state index in [2.05, 4.69) is 47.1 Å². The Bertz CT molecular complexity index is 936. The maximum Gasteiger partial charge on any atom is 0.229 e. The van der Waals surface area contributed by atoms with Crippen LogP contribution in [0.15, 0.2) is 47.5 Å². The topological polar surface area (TPSA) is 70.6 Å². The number of sulfonamides is 1. The predicted molar refractivity (Wildman–Crippen MR) is 108 cm³/mol. The lowest BCUT2D eigenvalue weighted by Crippen LogP contribution is -2.27. The Morgan fingerprint density at radius 2 is 1.96 bits per heavy atom. The van der Waals surface area contributed by atoms with Gasteiger partial charge in [-0.1, -0.05) is 30.3 Å². The largest absolute Gasteiger partial charge is 0.371 e. The zero-order chi connectivity index (χ0) is 18.7. The highest BCUT2D eigenvalue weighted by Crippen LogP contribution is 2.28. The summed E-state index contributed by atoms with van der Waals surface area (Å²) in [6.07, 6.45) is 1.92. The Morgan fingerprint density at radius 1 is 1.19 bits per heavy atom. The second kappa shape index (κ2) is 7.50. The summed E-state index contributed by atoms with van der Waals surface area (Å²) in [5.74, 6) is 1.14. The van der Waals surface area contributed by atoms with Gasteiger partial charge in [0.25, 0.3) is 0 Å². The second-order valence-electron chi connectivity index (χ2n) is 6.81. The third kappa shape index (κ3) is 4.43. The number of nitrogens with zero attached hydrogens (tertiary/aromatic N) is 1. The number of aryl methyl sites for hydroxylation is 1. The van der Waals surface area contributed by atoms with Crippen molar-refractivity contribution in [2.75, 3.05) is 24.1 Å². The number of hydrogen-bond acceptors (Lipinski definition) is 4. The van der Waals surface area contributed by atoms with Crippen molar-refractivity contribution in [3.63, 3.8) is 0 Å². The van der Waals surface area contributed by atoms with Crippen molar-refractivity contribution in [3.8, 4) is 0 Å². The van der Waals surface area contributed by atoms with E-state index in [-0.39, 0.29) is 5.92 Å². The number of aliphatic imine (C=N–C) groups is 1. The lowest BCUT2D eigenvalue weighted by atomic mass is 9.86. The van der Waals surface area contributed by atoms with Gasteiger partial charge < -0.3 is 5.32 Å². The molecule has 0 spiro atoms. The van der Waals surface area contributed by atoms with Crippen LogP contribution in [0.2, 0.25) is 0 Å². The van der Waals surface area contributed by atoms with Crippen LogP contribution in [0.4, 0.5) is 5.69 Å². The average molecular weight is 372 g/mol. The van der Waals surface area contributed by atoms with Gasteiger partial charge in [-0.3, -0.25) is 9.71 Å². The summed E-state index contributed by atoms with van der Waals surface area (Å²) < 4.78 is 25.6. The monoisotopic (exact) mass is 371 g/mol. The molecule has 1 unspecified atom stereocenters. The van der Waals surface area contributed by atoms with Crippen LogP contribution in [0, 0.1) is 13.8 Å². The van der Waals surface area contributed by atoms with E-state index >= 15 is 0 Å². The van der Waals surface area contributed by atoms with Gasteiger partial charge in [0.1, 0.15) is 5.84 Å². The first-order valence-electron chi connectivity index (χ1n) is 8.74. The zero-order valence-electron chi connectivity index (χ0n) is 15.4. The van der Waals surface area contributed by atoms with Crippen LogP contribution in [0.5, 0.6) is 0 Å². The molecule has 0 aliphatic carbocycles. The van der Waals surface area contributed by atoms with Crippen molar-refractivity contribution in [1.82, 2.24) is 5.32 Å². The molecular formula is C20H25N3O2S. The van der Waals surface area contributed by atoms with E-state index in [1.807, 2.05) is 18.2 Å². The molecule has 1 atom stereocenters. The van der Waals surface area contributed by atoms with Crippen molar-refractivity contribution in [2.24, 2.45) is 4.99 Å². The molecule has 5 nitrogen and oxygen atoms in total. The van der Waals surface area contributed by atoms with E-state index in [1.54, 1.807) is 6.07 Å². The number of nitrogens with one attached hydrogen (secondary N) is 2. The normalized spacial score (nSPS) is 15.3. The first-order valence-corrected chi connectivity index (χ1v) is 10.6. The number of anilines is 1. The lowest BCUT2D eigenvalue weighted by Gasteiger charge is -2.21. The number of rotatable bonds is 6. The highest BCUT2D eigenvalue weighted by atomic mass is 32.2. The molecule has 26 heavy (non-hydrogen) atoms. The summed E-state index contributed by atoms with van der Waals surface area (Å²) >= 11 is 0. The van der Waals surface area contributed by atoms with E-state index in [0.29, 0.717) is 5.69 Å². The molecule has 2 aromatic rings. The highest BCUT2D eigenvalue weighted by molar-refractivity contribution is 7.92. The van der Waals surface area contributed by atoms with Crippen molar-refractivity contribution in [3.05, 3.63) is 64.7 Å². The highest BCUT2D eigenvalue weighted by Gasteiger charge is 2.23. The molecule has 1 aliphatic heterocycles. The Balaban J connectivity index is 1.94. The molecule has 0 fully saturated rings. The van der Waals surface area contributed by atoms with Crippen molar-refractivity contribution < 1.29 is 8.42 Å². The minimum Gasteiger partial charge on any atom is -0.371 e. The molecule has 2 aromatic carbocycles. The summed E-state index contributed by atoms with van der Waals surface area (Å²) in [5.41, 5.74) is 5.46. The third-order valence-corrected chi connectivity index (χ3v) is 5.33. The molecule has 2 N–H and O–H groups in total. The van der Waals surface area contributed by atoms with Crippen LogP contribution in [0.3, 0.4) is 0 Å². The molecule has 138 valence electrons. The van der Waals surface area contributed by atoms with Crippen molar-refractivity contribution in [2.45, 2.75) is 26.2 Å². The summed E-state index contributed by atoms with van der Waals surface area (Å²) in [5, 5.41) is 3.41. The summed E-state index contributed by atoms with van der Waals surface area (Å²) in [6.45, 7) is 5.93.